The average molecular weight is 313 g/mol. The summed E-state index contributed by atoms with van der Waals surface area (Å²) in [6.07, 6.45) is 2.01. The van der Waals surface area contributed by atoms with Gasteiger partial charge in [-0.15, -0.1) is 12.4 Å². The smallest absolute Gasteiger partial charge is 0.254 e. The number of carbonyl (C=O) groups excluding carboxylic acids is 1. The van der Waals surface area contributed by atoms with Crippen molar-refractivity contribution in [2.75, 3.05) is 26.7 Å². The highest BCUT2D eigenvalue weighted by Crippen LogP contribution is 2.21. The number of aryl methyl sites for hydroxylation is 1. The zero-order valence-electron chi connectivity index (χ0n) is 13.0. The van der Waals surface area contributed by atoms with Crippen molar-refractivity contribution in [2.24, 2.45) is 0 Å². The second-order valence-electron chi connectivity index (χ2n) is 5.33. The number of carbonyl (C=O) groups is 1. The van der Waals surface area contributed by atoms with Gasteiger partial charge in [-0.3, -0.25) is 4.79 Å². The molecule has 1 aromatic rings. The molecule has 0 radical (unpaired) electrons. The van der Waals surface area contributed by atoms with Crippen molar-refractivity contribution < 1.29 is 9.53 Å². The summed E-state index contributed by atoms with van der Waals surface area (Å²) in [6.45, 7) is 6.79. The third-order valence-electron chi connectivity index (χ3n) is 3.86. The van der Waals surface area contributed by atoms with Gasteiger partial charge < -0.3 is 15.0 Å². The van der Waals surface area contributed by atoms with Gasteiger partial charge in [0, 0.05) is 24.7 Å². The summed E-state index contributed by atoms with van der Waals surface area (Å²) >= 11 is 0. The number of methoxy groups -OCH3 is 1. The third-order valence-corrected chi connectivity index (χ3v) is 3.86. The molecule has 1 N–H and O–H groups in total. The van der Waals surface area contributed by atoms with E-state index in [1.807, 2.05) is 30.0 Å². The Morgan fingerprint density at radius 3 is 2.81 bits per heavy atom. The van der Waals surface area contributed by atoms with E-state index in [-0.39, 0.29) is 18.3 Å². The lowest BCUT2D eigenvalue weighted by Crippen LogP contribution is -2.42. The second-order valence-corrected chi connectivity index (χ2v) is 5.33. The minimum absolute atomic E-state index is 0. The first-order chi connectivity index (χ1) is 9.67. The van der Waals surface area contributed by atoms with Crippen LogP contribution in [0.5, 0.6) is 5.75 Å². The Labute approximate surface area is 133 Å². The van der Waals surface area contributed by atoms with Gasteiger partial charge in [0.15, 0.2) is 0 Å². The van der Waals surface area contributed by atoms with E-state index in [1.165, 1.54) is 0 Å². The van der Waals surface area contributed by atoms with Crippen LogP contribution in [0.4, 0.5) is 0 Å². The number of hydrogen-bond acceptors (Lipinski definition) is 3. The van der Waals surface area contributed by atoms with Gasteiger partial charge in [-0.1, -0.05) is 13.0 Å². The van der Waals surface area contributed by atoms with Crippen molar-refractivity contribution in [3.8, 4) is 5.75 Å². The molecule has 118 valence electrons. The number of nitrogens with zero attached hydrogens (tertiary/aromatic N) is 1. The Morgan fingerprint density at radius 2 is 2.24 bits per heavy atom. The zero-order chi connectivity index (χ0) is 14.5. The van der Waals surface area contributed by atoms with E-state index < -0.39 is 0 Å². The lowest BCUT2D eigenvalue weighted by atomic mass is 10.1. The quantitative estimate of drug-likeness (QED) is 0.909. The van der Waals surface area contributed by atoms with Gasteiger partial charge in [-0.05, 0) is 44.0 Å². The summed E-state index contributed by atoms with van der Waals surface area (Å²) in [5, 5.41) is 3.33. The van der Waals surface area contributed by atoms with Crippen molar-refractivity contribution in [2.45, 2.75) is 32.7 Å². The molecule has 0 spiro atoms. The van der Waals surface area contributed by atoms with Crippen molar-refractivity contribution in [1.82, 2.24) is 10.2 Å². The summed E-state index contributed by atoms with van der Waals surface area (Å²) in [4.78, 5) is 14.7. The number of benzene rings is 1. The highest BCUT2D eigenvalue weighted by Gasteiger charge is 2.26. The molecule has 0 bridgehead atoms. The molecule has 1 amide bonds. The Hall–Kier alpha value is -1.26. The van der Waals surface area contributed by atoms with E-state index in [9.17, 15) is 4.79 Å². The Bertz CT molecular complexity index is 473. The number of nitrogens with one attached hydrogen (secondary N) is 1. The lowest BCUT2D eigenvalue weighted by Gasteiger charge is -2.28. The fourth-order valence-electron chi connectivity index (χ4n) is 2.72. The SMILES string of the molecule is CCCN(C(=O)c1ccc(C)c(OC)c1)C1CCNC1.Cl. The maximum atomic E-state index is 12.7. The molecule has 1 aliphatic heterocycles. The topological polar surface area (TPSA) is 41.6 Å². The maximum Gasteiger partial charge on any atom is 0.254 e. The molecule has 5 heteroatoms. The van der Waals surface area contributed by atoms with E-state index in [4.69, 9.17) is 4.74 Å². The summed E-state index contributed by atoms with van der Waals surface area (Å²) in [5.74, 6) is 0.885. The van der Waals surface area contributed by atoms with E-state index >= 15 is 0 Å². The van der Waals surface area contributed by atoms with E-state index in [2.05, 4.69) is 12.2 Å². The van der Waals surface area contributed by atoms with E-state index in [0.29, 0.717) is 11.6 Å². The van der Waals surface area contributed by atoms with Gasteiger partial charge in [0.2, 0.25) is 0 Å². The van der Waals surface area contributed by atoms with Crippen LogP contribution in [-0.4, -0.2) is 43.6 Å². The molecule has 1 aromatic carbocycles. The molecule has 1 saturated heterocycles. The Morgan fingerprint density at radius 1 is 1.48 bits per heavy atom. The second kappa shape index (κ2) is 8.25. The van der Waals surface area contributed by atoms with E-state index in [0.717, 1.165) is 43.8 Å². The van der Waals surface area contributed by atoms with Gasteiger partial charge in [0.25, 0.3) is 5.91 Å². The molecule has 1 atom stereocenters. The number of halogens is 1. The predicted octanol–water partition coefficient (Wildman–Crippen LogP) is 2.64. The number of ether oxygens (including phenoxy) is 1. The average Bonchev–Trinajstić information content (AvgIpc) is 2.98. The number of rotatable bonds is 5. The summed E-state index contributed by atoms with van der Waals surface area (Å²) in [7, 11) is 1.64. The summed E-state index contributed by atoms with van der Waals surface area (Å²) < 4.78 is 5.32. The highest BCUT2D eigenvalue weighted by molar-refractivity contribution is 5.95. The summed E-state index contributed by atoms with van der Waals surface area (Å²) in [5.41, 5.74) is 1.77. The third kappa shape index (κ3) is 4.11. The van der Waals surface area contributed by atoms with Crippen LogP contribution in [0, 0.1) is 6.92 Å². The molecule has 0 saturated carbocycles. The van der Waals surface area contributed by atoms with Crippen LogP contribution in [0.2, 0.25) is 0 Å². The van der Waals surface area contributed by atoms with Crippen LogP contribution in [-0.2, 0) is 0 Å². The minimum atomic E-state index is 0. The first-order valence-corrected chi connectivity index (χ1v) is 7.33. The number of amides is 1. The van der Waals surface area contributed by atoms with Gasteiger partial charge in [0.1, 0.15) is 5.75 Å². The predicted molar refractivity (Wildman–Crippen MR) is 87.6 cm³/mol. The minimum Gasteiger partial charge on any atom is -0.496 e. The largest absolute Gasteiger partial charge is 0.496 e. The van der Waals surface area contributed by atoms with Crippen LogP contribution >= 0.6 is 12.4 Å². The molecular formula is C16H25ClN2O2. The summed E-state index contributed by atoms with van der Waals surface area (Å²) in [6, 6.07) is 6.01. The van der Waals surface area contributed by atoms with Gasteiger partial charge in [-0.2, -0.15) is 0 Å². The molecule has 21 heavy (non-hydrogen) atoms. The van der Waals surface area contributed by atoms with Gasteiger partial charge in [0.05, 0.1) is 7.11 Å². The number of hydrogen-bond donors (Lipinski definition) is 1. The monoisotopic (exact) mass is 312 g/mol. The molecule has 1 unspecified atom stereocenters. The zero-order valence-corrected chi connectivity index (χ0v) is 13.8. The maximum absolute atomic E-state index is 12.7. The lowest BCUT2D eigenvalue weighted by molar-refractivity contribution is 0.0692. The van der Waals surface area contributed by atoms with Crippen molar-refractivity contribution in [3.63, 3.8) is 0 Å². The first-order valence-electron chi connectivity index (χ1n) is 7.33. The molecule has 1 heterocycles. The van der Waals surface area contributed by atoms with Gasteiger partial charge >= 0.3 is 0 Å². The van der Waals surface area contributed by atoms with Crippen molar-refractivity contribution in [3.05, 3.63) is 29.3 Å². The molecule has 1 aliphatic rings. The van der Waals surface area contributed by atoms with Crippen LogP contribution < -0.4 is 10.1 Å². The molecule has 1 fully saturated rings. The van der Waals surface area contributed by atoms with Crippen LogP contribution in [0.3, 0.4) is 0 Å². The molecule has 0 aliphatic carbocycles. The van der Waals surface area contributed by atoms with Gasteiger partial charge in [-0.25, -0.2) is 0 Å². The standard InChI is InChI=1S/C16H24N2O2.ClH/c1-4-9-18(14-7-8-17-11-14)16(19)13-6-5-12(2)15(10-13)20-3;/h5-6,10,14,17H,4,7-9,11H2,1-3H3;1H. The van der Waals surface area contributed by atoms with Crippen LogP contribution in [0.1, 0.15) is 35.7 Å². The highest BCUT2D eigenvalue weighted by atomic mass is 35.5. The van der Waals surface area contributed by atoms with E-state index in [1.54, 1.807) is 7.11 Å². The van der Waals surface area contributed by atoms with Crippen molar-refractivity contribution >= 4 is 18.3 Å². The fraction of sp³-hybridized carbons (Fsp3) is 0.562. The Balaban J connectivity index is 0.00000220. The first kappa shape index (κ1) is 17.8. The fourth-order valence-corrected chi connectivity index (χ4v) is 2.72. The molecule has 4 nitrogen and oxygen atoms in total. The van der Waals surface area contributed by atoms with Crippen molar-refractivity contribution in [1.29, 1.82) is 0 Å². The molecule has 2 rings (SSSR count). The normalized spacial score (nSPS) is 17.2. The molecular weight excluding hydrogens is 288 g/mol. The Kier molecular flexibility index (Phi) is 6.99. The van der Waals surface area contributed by atoms with Crippen LogP contribution in [0.25, 0.3) is 0 Å². The molecule has 0 aromatic heterocycles. The van der Waals surface area contributed by atoms with Crippen LogP contribution in [0.15, 0.2) is 18.2 Å².